The topological polar surface area (TPSA) is 55.0 Å². The van der Waals surface area contributed by atoms with Crippen LogP contribution >= 0.6 is 0 Å². The quantitative estimate of drug-likeness (QED) is 0.863. The van der Waals surface area contributed by atoms with Crippen molar-refractivity contribution in [3.8, 4) is 0 Å². The first-order valence-corrected chi connectivity index (χ1v) is 5.54. The predicted molar refractivity (Wildman–Crippen MR) is 68.5 cm³/mol. The standard InChI is InChI=1S/C13H16N4/c1-17(10-11-2-5-15-6-3-11)13-9-16-7-4-12(13)8-14/h2-7,9H,8,10,14H2,1H3. The molecule has 88 valence electrons. The van der Waals surface area contributed by atoms with Crippen LogP contribution < -0.4 is 10.6 Å². The smallest absolute Gasteiger partial charge is 0.0598 e. The van der Waals surface area contributed by atoms with Gasteiger partial charge in [-0.05, 0) is 29.3 Å². The highest BCUT2D eigenvalue weighted by atomic mass is 15.1. The van der Waals surface area contributed by atoms with Crippen LogP contribution in [0.2, 0.25) is 0 Å². The van der Waals surface area contributed by atoms with E-state index in [1.54, 1.807) is 18.6 Å². The van der Waals surface area contributed by atoms with E-state index in [4.69, 9.17) is 5.73 Å². The summed E-state index contributed by atoms with van der Waals surface area (Å²) in [6, 6.07) is 5.97. The van der Waals surface area contributed by atoms with Gasteiger partial charge >= 0.3 is 0 Å². The van der Waals surface area contributed by atoms with E-state index in [9.17, 15) is 0 Å². The molecule has 0 aliphatic rings. The molecule has 17 heavy (non-hydrogen) atoms. The van der Waals surface area contributed by atoms with Gasteiger partial charge in [0.1, 0.15) is 0 Å². The first-order chi connectivity index (χ1) is 8.31. The largest absolute Gasteiger partial charge is 0.369 e. The number of anilines is 1. The normalized spacial score (nSPS) is 10.2. The third-order valence-electron chi connectivity index (χ3n) is 2.69. The van der Waals surface area contributed by atoms with Gasteiger partial charge in [-0.25, -0.2) is 0 Å². The average molecular weight is 228 g/mol. The van der Waals surface area contributed by atoms with Gasteiger partial charge in [0, 0.05) is 38.7 Å². The summed E-state index contributed by atoms with van der Waals surface area (Å²) in [4.78, 5) is 10.3. The van der Waals surface area contributed by atoms with Crippen LogP contribution in [0, 0.1) is 0 Å². The Morgan fingerprint density at radius 3 is 2.53 bits per heavy atom. The second kappa shape index (κ2) is 5.41. The maximum absolute atomic E-state index is 5.72. The number of hydrogen-bond acceptors (Lipinski definition) is 4. The average Bonchev–Trinajstić information content (AvgIpc) is 2.40. The van der Waals surface area contributed by atoms with Gasteiger partial charge in [-0.3, -0.25) is 9.97 Å². The van der Waals surface area contributed by atoms with E-state index in [-0.39, 0.29) is 0 Å². The fraction of sp³-hybridized carbons (Fsp3) is 0.231. The van der Waals surface area contributed by atoms with Crippen molar-refractivity contribution in [3.05, 3.63) is 54.1 Å². The summed E-state index contributed by atoms with van der Waals surface area (Å²) in [5.41, 5.74) is 9.12. The van der Waals surface area contributed by atoms with Gasteiger partial charge in [0.05, 0.1) is 11.9 Å². The predicted octanol–water partition coefficient (Wildman–Crippen LogP) is 1.57. The Kier molecular flexibility index (Phi) is 3.67. The molecule has 2 N–H and O–H groups in total. The SMILES string of the molecule is CN(Cc1ccncc1)c1cnccc1CN. The molecule has 0 bridgehead atoms. The molecule has 0 unspecified atom stereocenters. The van der Waals surface area contributed by atoms with Gasteiger partial charge in [-0.1, -0.05) is 0 Å². The molecule has 2 rings (SSSR count). The Labute approximate surface area is 101 Å². The molecule has 0 aromatic carbocycles. The van der Waals surface area contributed by atoms with Crippen LogP contribution in [0.3, 0.4) is 0 Å². The van der Waals surface area contributed by atoms with E-state index in [2.05, 4.69) is 14.9 Å². The lowest BCUT2D eigenvalue weighted by molar-refractivity contribution is 0.895. The second-order valence-corrected chi connectivity index (χ2v) is 3.92. The summed E-state index contributed by atoms with van der Waals surface area (Å²) in [5, 5.41) is 0. The third-order valence-corrected chi connectivity index (χ3v) is 2.69. The molecule has 2 aromatic rings. The lowest BCUT2D eigenvalue weighted by Crippen LogP contribution is -2.19. The fourth-order valence-corrected chi connectivity index (χ4v) is 1.78. The lowest BCUT2D eigenvalue weighted by Gasteiger charge is -2.21. The fourth-order valence-electron chi connectivity index (χ4n) is 1.78. The number of nitrogens with zero attached hydrogens (tertiary/aromatic N) is 3. The molecule has 0 atom stereocenters. The summed E-state index contributed by atoms with van der Waals surface area (Å²) in [7, 11) is 2.04. The first-order valence-electron chi connectivity index (χ1n) is 5.54. The van der Waals surface area contributed by atoms with Crippen molar-refractivity contribution in [3.63, 3.8) is 0 Å². The van der Waals surface area contributed by atoms with E-state index in [0.29, 0.717) is 6.54 Å². The van der Waals surface area contributed by atoms with Crippen molar-refractivity contribution < 1.29 is 0 Å². The van der Waals surface area contributed by atoms with Crippen molar-refractivity contribution in [2.45, 2.75) is 13.1 Å². The van der Waals surface area contributed by atoms with Crippen LogP contribution in [0.15, 0.2) is 43.0 Å². The number of nitrogens with two attached hydrogens (primary N) is 1. The minimum absolute atomic E-state index is 0.526. The molecule has 4 nitrogen and oxygen atoms in total. The van der Waals surface area contributed by atoms with E-state index in [0.717, 1.165) is 17.8 Å². The Morgan fingerprint density at radius 2 is 1.82 bits per heavy atom. The zero-order valence-corrected chi connectivity index (χ0v) is 9.87. The number of hydrogen-bond donors (Lipinski definition) is 1. The summed E-state index contributed by atoms with van der Waals surface area (Å²) in [6.07, 6.45) is 7.22. The highest BCUT2D eigenvalue weighted by Crippen LogP contribution is 2.18. The van der Waals surface area contributed by atoms with Crippen LogP contribution in [-0.2, 0) is 13.1 Å². The zero-order chi connectivity index (χ0) is 12.1. The second-order valence-electron chi connectivity index (χ2n) is 3.92. The van der Waals surface area contributed by atoms with Crippen LogP contribution in [0.4, 0.5) is 5.69 Å². The Hall–Kier alpha value is -1.94. The highest BCUT2D eigenvalue weighted by molar-refractivity contribution is 5.51. The summed E-state index contributed by atoms with van der Waals surface area (Å²) >= 11 is 0. The van der Waals surface area contributed by atoms with Crippen LogP contribution in [0.5, 0.6) is 0 Å². The Morgan fingerprint density at radius 1 is 1.12 bits per heavy atom. The molecule has 0 saturated carbocycles. The van der Waals surface area contributed by atoms with Crippen LogP contribution in [0.25, 0.3) is 0 Å². The van der Waals surface area contributed by atoms with Crippen molar-refractivity contribution in [2.75, 3.05) is 11.9 Å². The molecular formula is C13H16N4. The summed E-state index contributed by atoms with van der Waals surface area (Å²) < 4.78 is 0. The van der Waals surface area contributed by atoms with Gasteiger partial charge in [0.2, 0.25) is 0 Å². The van der Waals surface area contributed by atoms with E-state index >= 15 is 0 Å². The third kappa shape index (κ3) is 2.79. The van der Waals surface area contributed by atoms with Gasteiger partial charge in [0.15, 0.2) is 0 Å². The van der Waals surface area contributed by atoms with Crippen LogP contribution in [-0.4, -0.2) is 17.0 Å². The van der Waals surface area contributed by atoms with Crippen LogP contribution in [0.1, 0.15) is 11.1 Å². The first kappa shape index (κ1) is 11.5. The van der Waals surface area contributed by atoms with Crippen molar-refractivity contribution >= 4 is 5.69 Å². The van der Waals surface area contributed by atoms with Gasteiger partial charge in [0.25, 0.3) is 0 Å². The van der Waals surface area contributed by atoms with Gasteiger partial charge in [-0.15, -0.1) is 0 Å². The molecule has 0 saturated heterocycles. The van der Waals surface area contributed by atoms with Crippen molar-refractivity contribution in [1.29, 1.82) is 0 Å². The molecule has 0 fully saturated rings. The van der Waals surface area contributed by atoms with Crippen molar-refractivity contribution in [1.82, 2.24) is 9.97 Å². The molecule has 0 aliphatic heterocycles. The Balaban J connectivity index is 2.17. The van der Waals surface area contributed by atoms with E-state index in [1.807, 2.05) is 31.4 Å². The zero-order valence-electron chi connectivity index (χ0n) is 9.87. The minimum Gasteiger partial charge on any atom is -0.369 e. The monoisotopic (exact) mass is 228 g/mol. The molecule has 0 radical (unpaired) electrons. The van der Waals surface area contributed by atoms with Crippen molar-refractivity contribution in [2.24, 2.45) is 5.73 Å². The maximum Gasteiger partial charge on any atom is 0.0598 e. The molecule has 0 amide bonds. The summed E-state index contributed by atoms with van der Waals surface area (Å²) in [5.74, 6) is 0. The molecule has 0 spiro atoms. The summed E-state index contributed by atoms with van der Waals surface area (Å²) in [6.45, 7) is 1.35. The molecule has 2 heterocycles. The molecule has 4 heteroatoms. The lowest BCUT2D eigenvalue weighted by atomic mass is 10.2. The molecular weight excluding hydrogens is 212 g/mol. The molecule has 2 aromatic heterocycles. The Bertz CT molecular complexity index is 470. The number of aromatic nitrogens is 2. The molecule has 0 aliphatic carbocycles. The van der Waals surface area contributed by atoms with Gasteiger partial charge < -0.3 is 10.6 Å². The van der Waals surface area contributed by atoms with E-state index in [1.165, 1.54) is 5.56 Å². The number of rotatable bonds is 4. The van der Waals surface area contributed by atoms with Gasteiger partial charge in [-0.2, -0.15) is 0 Å². The van der Waals surface area contributed by atoms with E-state index < -0.39 is 0 Å². The number of pyridine rings is 2. The maximum atomic E-state index is 5.72. The highest BCUT2D eigenvalue weighted by Gasteiger charge is 2.06. The minimum atomic E-state index is 0.526.